The highest BCUT2D eigenvalue weighted by Crippen LogP contribution is 2.48. The summed E-state index contributed by atoms with van der Waals surface area (Å²) >= 11 is 0. The fraction of sp³-hybridized carbons (Fsp3) is 0.478. The van der Waals surface area contributed by atoms with E-state index in [9.17, 15) is 5.11 Å². The standard InChI is InChI=1S/C23H31NO/c1-4-15-23(25)16-20(18-11-7-5-8-12-18)24-22(21(23)17(2)3)19-13-9-6-10-14-19/h5-14,17,20-22,24-25H,4,15-16H2,1-3H3/t20-,21-,22+,23+/m0/s1. The Morgan fingerprint density at radius 2 is 1.56 bits per heavy atom. The quantitative estimate of drug-likeness (QED) is 0.779. The normalized spacial score (nSPS) is 29.7. The highest BCUT2D eigenvalue weighted by Gasteiger charge is 2.48. The van der Waals surface area contributed by atoms with Gasteiger partial charge < -0.3 is 10.4 Å². The molecule has 1 aliphatic rings. The van der Waals surface area contributed by atoms with Crippen LogP contribution in [0.4, 0.5) is 0 Å². The zero-order chi connectivity index (χ0) is 17.9. The van der Waals surface area contributed by atoms with Gasteiger partial charge in [-0.2, -0.15) is 0 Å². The highest BCUT2D eigenvalue weighted by atomic mass is 16.3. The third kappa shape index (κ3) is 3.80. The van der Waals surface area contributed by atoms with E-state index in [2.05, 4.69) is 86.8 Å². The van der Waals surface area contributed by atoms with Crippen LogP contribution in [-0.2, 0) is 0 Å². The molecule has 0 saturated carbocycles. The van der Waals surface area contributed by atoms with Crippen molar-refractivity contribution in [3.8, 4) is 0 Å². The number of nitrogens with one attached hydrogen (secondary N) is 1. The predicted octanol–water partition coefficient (Wildman–Crippen LogP) is 5.27. The summed E-state index contributed by atoms with van der Waals surface area (Å²) in [5.41, 5.74) is 1.89. The van der Waals surface area contributed by atoms with Crippen molar-refractivity contribution >= 4 is 0 Å². The van der Waals surface area contributed by atoms with Gasteiger partial charge in [-0.25, -0.2) is 0 Å². The maximum absolute atomic E-state index is 11.7. The summed E-state index contributed by atoms with van der Waals surface area (Å²) in [5, 5.41) is 15.6. The number of aliphatic hydroxyl groups is 1. The molecule has 2 aromatic carbocycles. The zero-order valence-corrected chi connectivity index (χ0v) is 15.7. The summed E-state index contributed by atoms with van der Waals surface area (Å²) in [6, 6.07) is 21.5. The van der Waals surface area contributed by atoms with Crippen molar-refractivity contribution in [2.45, 2.75) is 57.7 Å². The van der Waals surface area contributed by atoms with Crippen LogP contribution in [0, 0.1) is 11.8 Å². The van der Waals surface area contributed by atoms with Crippen molar-refractivity contribution in [2.24, 2.45) is 11.8 Å². The van der Waals surface area contributed by atoms with E-state index >= 15 is 0 Å². The van der Waals surface area contributed by atoms with Gasteiger partial charge in [0, 0.05) is 18.0 Å². The average Bonchev–Trinajstić information content (AvgIpc) is 2.62. The second-order valence-electron chi connectivity index (χ2n) is 7.85. The Labute approximate surface area is 152 Å². The maximum atomic E-state index is 11.7. The predicted molar refractivity (Wildman–Crippen MR) is 104 cm³/mol. The van der Waals surface area contributed by atoms with Crippen LogP contribution in [-0.4, -0.2) is 10.7 Å². The summed E-state index contributed by atoms with van der Waals surface area (Å²) in [6.07, 6.45) is 2.63. The topological polar surface area (TPSA) is 32.3 Å². The van der Waals surface area contributed by atoms with E-state index in [1.54, 1.807) is 0 Å². The smallest absolute Gasteiger partial charge is 0.0714 e. The Hall–Kier alpha value is -1.64. The van der Waals surface area contributed by atoms with Crippen LogP contribution in [0.2, 0.25) is 0 Å². The molecule has 3 rings (SSSR count). The van der Waals surface area contributed by atoms with E-state index in [0.29, 0.717) is 5.92 Å². The van der Waals surface area contributed by atoms with Gasteiger partial charge in [0.1, 0.15) is 0 Å². The monoisotopic (exact) mass is 337 g/mol. The minimum absolute atomic E-state index is 0.164. The molecule has 0 radical (unpaired) electrons. The second-order valence-corrected chi connectivity index (χ2v) is 7.85. The summed E-state index contributed by atoms with van der Waals surface area (Å²) in [7, 11) is 0. The van der Waals surface area contributed by atoms with Gasteiger partial charge in [0.25, 0.3) is 0 Å². The second kappa shape index (κ2) is 7.72. The Kier molecular flexibility index (Phi) is 5.61. The third-order valence-electron chi connectivity index (χ3n) is 5.68. The number of piperidine rings is 1. The van der Waals surface area contributed by atoms with Crippen LogP contribution in [0.15, 0.2) is 60.7 Å². The molecule has 1 fully saturated rings. The summed E-state index contributed by atoms with van der Waals surface area (Å²) in [6.45, 7) is 6.66. The summed E-state index contributed by atoms with van der Waals surface area (Å²) < 4.78 is 0. The van der Waals surface area contributed by atoms with Gasteiger partial charge in [-0.3, -0.25) is 0 Å². The van der Waals surface area contributed by atoms with Gasteiger partial charge in [0.15, 0.2) is 0 Å². The molecule has 4 atom stereocenters. The van der Waals surface area contributed by atoms with Crippen LogP contribution in [0.5, 0.6) is 0 Å². The molecular weight excluding hydrogens is 306 g/mol. The molecular formula is C23H31NO. The number of rotatable bonds is 5. The fourth-order valence-electron chi connectivity index (χ4n) is 4.75. The molecule has 0 amide bonds. The Balaban J connectivity index is 2.02. The number of hydrogen-bond acceptors (Lipinski definition) is 2. The van der Waals surface area contributed by atoms with E-state index in [0.717, 1.165) is 19.3 Å². The van der Waals surface area contributed by atoms with E-state index in [1.807, 2.05) is 0 Å². The minimum atomic E-state index is -0.644. The molecule has 0 unspecified atom stereocenters. The van der Waals surface area contributed by atoms with Gasteiger partial charge in [-0.05, 0) is 29.9 Å². The molecule has 0 spiro atoms. The van der Waals surface area contributed by atoms with Crippen LogP contribution in [0.1, 0.15) is 63.2 Å². The molecule has 0 aliphatic carbocycles. The van der Waals surface area contributed by atoms with Crippen molar-refractivity contribution in [3.63, 3.8) is 0 Å². The molecule has 1 aliphatic heterocycles. The molecule has 0 aromatic heterocycles. The van der Waals surface area contributed by atoms with Crippen LogP contribution < -0.4 is 5.32 Å². The third-order valence-corrected chi connectivity index (χ3v) is 5.68. The zero-order valence-electron chi connectivity index (χ0n) is 15.7. The SMILES string of the molecule is CCC[C@@]1(O)C[C@@H](c2ccccc2)N[C@H](c2ccccc2)[C@@H]1C(C)C. The lowest BCUT2D eigenvalue weighted by Crippen LogP contribution is -2.55. The van der Waals surface area contributed by atoms with E-state index in [1.165, 1.54) is 11.1 Å². The molecule has 134 valence electrons. The first-order valence-electron chi connectivity index (χ1n) is 9.63. The first kappa shape index (κ1) is 18.2. The lowest BCUT2D eigenvalue weighted by atomic mass is 9.65. The molecule has 2 N–H and O–H groups in total. The molecule has 2 nitrogen and oxygen atoms in total. The number of benzene rings is 2. The van der Waals surface area contributed by atoms with Gasteiger partial charge in [0.05, 0.1) is 5.60 Å². The molecule has 2 aromatic rings. The lowest BCUT2D eigenvalue weighted by molar-refractivity contribution is -0.0982. The fourth-order valence-corrected chi connectivity index (χ4v) is 4.75. The van der Waals surface area contributed by atoms with Gasteiger partial charge in [-0.15, -0.1) is 0 Å². The Morgan fingerprint density at radius 1 is 1.00 bits per heavy atom. The Bertz CT molecular complexity index is 654. The molecule has 25 heavy (non-hydrogen) atoms. The van der Waals surface area contributed by atoms with Crippen molar-refractivity contribution in [1.82, 2.24) is 5.32 Å². The first-order chi connectivity index (χ1) is 12.0. The van der Waals surface area contributed by atoms with Crippen molar-refractivity contribution in [1.29, 1.82) is 0 Å². The summed E-state index contributed by atoms with van der Waals surface area (Å²) in [4.78, 5) is 0. The van der Waals surface area contributed by atoms with E-state index in [4.69, 9.17) is 0 Å². The van der Waals surface area contributed by atoms with Crippen LogP contribution in [0.25, 0.3) is 0 Å². The highest BCUT2D eigenvalue weighted by molar-refractivity contribution is 5.27. The summed E-state index contributed by atoms with van der Waals surface area (Å²) in [5.74, 6) is 0.612. The van der Waals surface area contributed by atoms with E-state index in [-0.39, 0.29) is 18.0 Å². The van der Waals surface area contributed by atoms with Crippen LogP contribution >= 0.6 is 0 Å². The Morgan fingerprint density at radius 3 is 2.08 bits per heavy atom. The molecule has 0 bridgehead atoms. The van der Waals surface area contributed by atoms with Gasteiger partial charge in [-0.1, -0.05) is 87.9 Å². The largest absolute Gasteiger partial charge is 0.389 e. The van der Waals surface area contributed by atoms with Crippen molar-refractivity contribution in [2.75, 3.05) is 0 Å². The first-order valence-corrected chi connectivity index (χ1v) is 9.63. The molecule has 1 heterocycles. The molecule has 2 heteroatoms. The minimum Gasteiger partial charge on any atom is -0.389 e. The van der Waals surface area contributed by atoms with Crippen LogP contribution in [0.3, 0.4) is 0 Å². The lowest BCUT2D eigenvalue weighted by Gasteiger charge is -2.51. The van der Waals surface area contributed by atoms with Crippen molar-refractivity contribution in [3.05, 3.63) is 71.8 Å². The average molecular weight is 338 g/mol. The number of hydrogen-bond donors (Lipinski definition) is 2. The maximum Gasteiger partial charge on any atom is 0.0714 e. The van der Waals surface area contributed by atoms with Gasteiger partial charge >= 0.3 is 0 Å². The molecule has 1 saturated heterocycles. The van der Waals surface area contributed by atoms with Gasteiger partial charge in [0.2, 0.25) is 0 Å². The van der Waals surface area contributed by atoms with Crippen molar-refractivity contribution < 1.29 is 5.11 Å². The van der Waals surface area contributed by atoms with E-state index < -0.39 is 5.60 Å².